The summed E-state index contributed by atoms with van der Waals surface area (Å²) in [5.41, 5.74) is 0. The molecule has 1 atom stereocenters. The Morgan fingerprint density at radius 1 is 0.317 bits per heavy atom. The van der Waals surface area contributed by atoms with E-state index in [-0.39, 0.29) is 31.1 Å². The number of carbonyl (C=O) groups excluding carboxylic acids is 3. The lowest BCUT2D eigenvalue weighted by Gasteiger charge is -2.18. The predicted molar refractivity (Wildman–Crippen MR) is 270 cm³/mol. The number of ether oxygens (including phenoxy) is 3. The topological polar surface area (TPSA) is 78.9 Å². The Balaban J connectivity index is 4.41. The van der Waals surface area contributed by atoms with Gasteiger partial charge in [-0.3, -0.25) is 14.4 Å². The van der Waals surface area contributed by atoms with Gasteiger partial charge in [0, 0.05) is 19.3 Å². The highest BCUT2D eigenvalue weighted by Gasteiger charge is 2.19. The molecule has 0 N–H and O–H groups in total. The molecule has 0 aliphatic heterocycles. The molecule has 366 valence electrons. The van der Waals surface area contributed by atoms with Crippen molar-refractivity contribution in [2.75, 3.05) is 13.2 Å². The molecule has 0 rings (SSSR count). The monoisotopic (exact) mass is 883 g/mol. The summed E-state index contributed by atoms with van der Waals surface area (Å²) in [7, 11) is 0. The molecule has 0 saturated carbocycles. The molecule has 6 heteroatoms. The van der Waals surface area contributed by atoms with Gasteiger partial charge in [-0.05, 0) is 96.3 Å². The Morgan fingerprint density at radius 3 is 0.937 bits per heavy atom. The Kier molecular flexibility index (Phi) is 49.8. The van der Waals surface area contributed by atoms with Crippen LogP contribution in [0.4, 0.5) is 0 Å². The fraction of sp³-hybridized carbons (Fsp3) is 0.807. The van der Waals surface area contributed by atoms with Crippen LogP contribution in [-0.2, 0) is 28.6 Å². The van der Waals surface area contributed by atoms with Crippen molar-refractivity contribution in [2.24, 2.45) is 0 Å². The Morgan fingerprint density at radius 2 is 0.587 bits per heavy atom. The van der Waals surface area contributed by atoms with Crippen LogP contribution < -0.4 is 0 Å². The van der Waals surface area contributed by atoms with Crippen LogP contribution >= 0.6 is 0 Å². The van der Waals surface area contributed by atoms with Crippen LogP contribution in [0.5, 0.6) is 0 Å². The first kappa shape index (κ1) is 60.4. The molecule has 6 nitrogen and oxygen atoms in total. The maximum atomic E-state index is 12.8. The summed E-state index contributed by atoms with van der Waals surface area (Å²) in [6.07, 6.45) is 62.3. The second-order valence-corrected chi connectivity index (χ2v) is 18.1. The van der Waals surface area contributed by atoms with Crippen LogP contribution in [0.15, 0.2) is 48.6 Å². The molecule has 0 spiro atoms. The summed E-state index contributed by atoms with van der Waals surface area (Å²) >= 11 is 0. The van der Waals surface area contributed by atoms with Crippen LogP contribution in [0.25, 0.3) is 0 Å². The molecule has 0 saturated heterocycles. The molecular weight excluding hydrogens is 781 g/mol. The predicted octanol–water partition coefficient (Wildman–Crippen LogP) is 17.9. The van der Waals surface area contributed by atoms with E-state index in [4.69, 9.17) is 14.2 Å². The van der Waals surface area contributed by atoms with Crippen molar-refractivity contribution < 1.29 is 28.6 Å². The smallest absolute Gasteiger partial charge is 0.306 e. The van der Waals surface area contributed by atoms with Crippen molar-refractivity contribution in [1.29, 1.82) is 0 Å². The van der Waals surface area contributed by atoms with Gasteiger partial charge in [0.1, 0.15) is 13.2 Å². The van der Waals surface area contributed by atoms with Crippen molar-refractivity contribution in [3.05, 3.63) is 48.6 Å². The lowest BCUT2D eigenvalue weighted by Crippen LogP contribution is -2.30. The third kappa shape index (κ3) is 50.2. The Bertz CT molecular complexity index is 1110. The quantitative estimate of drug-likeness (QED) is 0.0262. The van der Waals surface area contributed by atoms with Crippen LogP contribution in [-0.4, -0.2) is 37.2 Å². The van der Waals surface area contributed by atoms with Gasteiger partial charge in [-0.15, -0.1) is 0 Å². The van der Waals surface area contributed by atoms with Crippen LogP contribution in [0, 0.1) is 0 Å². The number of rotatable bonds is 49. The Hall–Kier alpha value is -2.63. The van der Waals surface area contributed by atoms with E-state index in [0.29, 0.717) is 19.3 Å². The number of esters is 3. The van der Waals surface area contributed by atoms with Gasteiger partial charge in [0.05, 0.1) is 0 Å². The van der Waals surface area contributed by atoms with Crippen LogP contribution in [0.3, 0.4) is 0 Å². The van der Waals surface area contributed by atoms with Gasteiger partial charge in [-0.2, -0.15) is 0 Å². The molecule has 0 radical (unpaired) electrons. The summed E-state index contributed by atoms with van der Waals surface area (Å²) in [5.74, 6) is -0.906. The highest BCUT2D eigenvalue weighted by Crippen LogP contribution is 2.14. The molecular formula is C57H102O6. The number of carbonyl (C=O) groups is 3. The van der Waals surface area contributed by atoms with Gasteiger partial charge >= 0.3 is 17.9 Å². The second kappa shape index (κ2) is 52.0. The summed E-state index contributed by atoms with van der Waals surface area (Å²) in [5, 5.41) is 0. The van der Waals surface area contributed by atoms with Crippen molar-refractivity contribution >= 4 is 17.9 Å². The first-order chi connectivity index (χ1) is 31.0. The average molecular weight is 883 g/mol. The van der Waals surface area contributed by atoms with E-state index in [0.717, 1.165) is 96.3 Å². The molecule has 0 aromatic rings. The molecule has 0 bridgehead atoms. The summed E-state index contributed by atoms with van der Waals surface area (Å²) in [4.78, 5) is 38.0. The SMILES string of the molecule is CCCC/C=C\C/C=C\CCCCCCCC(=O)OCC(COC(=O)CCCCCCC/C=C\CCCCCCCCC)OC(=O)CCCCCCC/C=C\CCCCCCCC. The lowest BCUT2D eigenvalue weighted by molar-refractivity contribution is -0.167. The zero-order chi connectivity index (χ0) is 45.8. The highest BCUT2D eigenvalue weighted by molar-refractivity contribution is 5.71. The first-order valence-corrected chi connectivity index (χ1v) is 27.1. The minimum atomic E-state index is -0.785. The van der Waals surface area contributed by atoms with Crippen LogP contribution in [0.2, 0.25) is 0 Å². The van der Waals surface area contributed by atoms with E-state index in [1.54, 1.807) is 0 Å². The van der Waals surface area contributed by atoms with Crippen molar-refractivity contribution in [3.8, 4) is 0 Å². The standard InChI is InChI=1S/C57H102O6/c1-4-7-10-13-16-19-22-25-28-30-32-35-38-41-44-47-50-56(59)62-53-54(52-61-55(58)49-46-43-40-37-34-31-27-24-21-18-15-12-9-6-3)63-57(60)51-48-45-42-39-36-33-29-26-23-20-17-14-11-8-5-2/h15,18,24,26-30,54H,4-14,16-17,19-23,25,31-53H2,1-3H3/b18-15-,27-24-,29-26-,30-28-. The fourth-order valence-corrected chi connectivity index (χ4v) is 7.62. The largest absolute Gasteiger partial charge is 0.462 e. The van der Waals surface area contributed by atoms with Crippen LogP contribution in [0.1, 0.15) is 278 Å². The fourth-order valence-electron chi connectivity index (χ4n) is 7.62. The second-order valence-electron chi connectivity index (χ2n) is 18.1. The Labute approximate surface area is 390 Å². The van der Waals surface area contributed by atoms with E-state index >= 15 is 0 Å². The van der Waals surface area contributed by atoms with E-state index in [1.165, 1.54) is 141 Å². The minimum Gasteiger partial charge on any atom is -0.462 e. The van der Waals surface area contributed by atoms with E-state index in [1.807, 2.05) is 0 Å². The third-order valence-corrected chi connectivity index (χ3v) is 11.8. The summed E-state index contributed by atoms with van der Waals surface area (Å²) < 4.78 is 16.8. The molecule has 0 aromatic heterocycles. The van der Waals surface area contributed by atoms with Gasteiger partial charge in [0.25, 0.3) is 0 Å². The number of unbranched alkanes of at least 4 members (excludes halogenated alkanes) is 30. The van der Waals surface area contributed by atoms with E-state index in [2.05, 4.69) is 69.4 Å². The van der Waals surface area contributed by atoms with Crippen molar-refractivity contribution in [3.63, 3.8) is 0 Å². The maximum Gasteiger partial charge on any atom is 0.306 e. The number of hydrogen-bond donors (Lipinski definition) is 0. The van der Waals surface area contributed by atoms with Crippen molar-refractivity contribution in [2.45, 2.75) is 284 Å². The highest BCUT2D eigenvalue weighted by atomic mass is 16.6. The zero-order valence-electron chi connectivity index (χ0n) is 41.8. The molecule has 0 amide bonds. The average Bonchev–Trinajstić information content (AvgIpc) is 3.28. The summed E-state index contributed by atoms with van der Waals surface area (Å²) in [6.45, 7) is 6.58. The third-order valence-electron chi connectivity index (χ3n) is 11.8. The first-order valence-electron chi connectivity index (χ1n) is 27.1. The maximum absolute atomic E-state index is 12.8. The molecule has 0 aliphatic rings. The summed E-state index contributed by atoms with van der Waals surface area (Å²) in [6, 6.07) is 0. The van der Waals surface area contributed by atoms with E-state index < -0.39 is 6.10 Å². The van der Waals surface area contributed by atoms with Gasteiger partial charge in [0.15, 0.2) is 6.10 Å². The van der Waals surface area contributed by atoms with Gasteiger partial charge < -0.3 is 14.2 Å². The molecule has 0 aliphatic carbocycles. The van der Waals surface area contributed by atoms with Crippen molar-refractivity contribution in [1.82, 2.24) is 0 Å². The lowest BCUT2D eigenvalue weighted by atomic mass is 10.1. The van der Waals surface area contributed by atoms with Gasteiger partial charge in [0.2, 0.25) is 0 Å². The molecule has 63 heavy (non-hydrogen) atoms. The normalized spacial score (nSPS) is 12.4. The molecule has 0 heterocycles. The van der Waals surface area contributed by atoms with Gasteiger partial charge in [-0.1, -0.05) is 211 Å². The number of hydrogen-bond acceptors (Lipinski definition) is 6. The van der Waals surface area contributed by atoms with E-state index in [9.17, 15) is 14.4 Å². The zero-order valence-corrected chi connectivity index (χ0v) is 41.8. The molecule has 0 fully saturated rings. The minimum absolute atomic E-state index is 0.0843. The molecule has 0 aromatic carbocycles. The van der Waals surface area contributed by atoms with Gasteiger partial charge in [-0.25, -0.2) is 0 Å². The molecule has 1 unspecified atom stereocenters. The number of allylic oxidation sites excluding steroid dienone is 8.